The zero-order valence-electron chi connectivity index (χ0n) is 17.1. The quantitative estimate of drug-likeness (QED) is 0.355. The Bertz CT molecular complexity index is 1280. The highest BCUT2D eigenvalue weighted by atomic mass is 32.1. The summed E-state index contributed by atoms with van der Waals surface area (Å²) in [6, 6.07) is 15.5. The molecule has 0 fully saturated rings. The van der Waals surface area contributed by atoms with E-state index in [0.717, 1.165) is 29.0 Å². The number of nitrogens with zero attached hydrogens (tertiary/aromatic N) is 1. The van der Waals surface area contributed by atoms with Crippen LogP contribution in [0.5, 0.6) is 5.75 Å². The summed E-state index contributed by atoms with van der Waals surface area (Å²) in [6.45, 7) is 1.88. The Balaban J connectivity index is 1.45. The van der Waals surface area contributed by atoms with E-state index in [1.807, 2.05) is 37.3 Å². The number of rotatable bonds is 6. The number of benzene rings is 2. The van der Waals surface area contributed by atoms with Crippen LogP contribution in [-0.2, 0) is 0 Å². The fraction of sp³-hybridized carbons (Fsp3) is 0.136. The number of amides is 2. The Morgan fingerprint density at radius 1 is 1.06 bits per heavy atom. The van der Waals surface area contributed by atoms with Gasteiger partial charge in [-0.15, -0.1) is 24.5 Å². The van der Waals surface area contributed by atoms with Gasteiger partial charge in [0.25, 0.3) is 11.8 Å². The van der Waals surface area contributed by atoms with Crippen molar-refractivity contribution < 1.29 is 27.5 Å². The standard InChI is InChI=1S/C22H17F3N4O3S/c1-12(13-5-3-2-4-6-13)26-21(31)17-11-16-18(33-17)19(29-28-16)27-20(30)14-7-9-15(10-8-14)32-22(23,24)25/h2-12H,1H3,(H,26,31)(H2,27,28,29,30)/t12-/m1/s1. The lowest BCUT2D eigenvalue weighted by Gasteiger charge is -2.13. The first kappa shape index (κ1) is 22.3. The summed E-state index contributed by atoms with van der Waals surface area (Å²) in [6.07, 6.45) is -4.81. The van der Waals surface area contributed by atoms with Crippen molar-refractivity contribution in [3.05, 3.63) is 76.7 Å². The third kappa shape index (κ3) is 5.32. The Morgan fingerprint density at radius 3 is 2.42 bits per heavy atom. The van der Waals surface area contributed by atoms with Crippen molar-refractivity contribution in [2.75, 3.05) is 5.32 Å². The number of carbonyl (C=O) groups is 2. The predicted molar refractivity (Wildman–Crippen MR) is 117 cm³/mol. The molecular weight excluding hydrogens is 457 g/mol. The van der Waals surface area contributed by atoms with Crippen molar-refractivity contribution in [3.63, 3.8) is 0 Å². The largest absolute Gasteiger partial charge is 0.573 e. The van der Waals surface area contributed by atoms with E-state index in [0.29, 0.717) is 15.1 Å². The first-order chi connectivity index (χ1) is 15.7. The number of hydrogen-bond donors (Lipinski definition) is 3. The van der Waals surface area contributed by atoms with Crippen LogP contribution in [0.25, 0.3) is 10.2 Å². The third-order valence-corrected chi connectivity index (χ3v) is 5.83. The minimum absolute atomic E-state index is 0.117. The molecule has 0 aliphatic carbocycles. The zero-order valence-corrected chi connectivity index (χ0v) is 17.9. The first-order valence-corrected chi connectivity index (χ1v) is 10.5. The highest BCUT2D eigenvalue weighted by Crippen LogP contribution is 2.31. The van der Waals surface area contributed by atoms with Crippen molar-refractivity contribution in [3.8, 4) is 5.75 Å². The summed E-state index contributed by atoms with van der Waals surface area (Å²) in [5.74, 6) is -1.05. The number of ether oxygens (including phenoxy) is 1. The minimum atomic E-state index is -4.81. The van der Waals surface area contributed by atoms with E-state index < -0.39 is 18.0 Å². The third-order valence-electron chi connectivity index (χ3n) is 4.69. The fourth-order valence-corrected chi connectivity index (χ4v) is 4.05. The number of aromatic amines is 1. The van der Waals surface area contributed by atoms with E-state index in [-0.39, 0.29) is 23.3 Å². The zero-order chi connectivity index (χ0) is 23.6. The number of aromatic nitrogens is 2. The lowest BCUT2D eigenvalue weighted by molar-refractivity contribution is -0.274. The van der Waals surface area contributed by atoms with Gasteiger partial charge in [-0.25, -0.2) is 0 Å². The van der Waals surface area contributed by atoms with Crippen LogP contribution in [0.1, 0.15) is 38.6 Å². The Hall–Kier alpha value is -3.86. The molecule has 4 aromatic rings. The summed E-state index contributed by atoms with van der Waals surface area (Å²) >= 11 is 1.16. The monoisotopic (exact) mass is 474 g/mol. The van der Waals surface area contributed by atoms with E-state index in [1.54, 1.807) is 6.07 Å². The van der Waals surface area contributed by atoms with Crippen LogP contribution >= 0.6 is 11.3 Å². The van der Waals surface area contributed by atoms with Crippen LogP contribution in [0.2, 0.25) is 0 Å². The van der Waals surface area contributed by atoms with Gasteiger partial charge in [-0.3, -0.25) is 14.7 Å². The number of halogens is 3. The molecule has 0 unspecified atom stereocenters. The van der Waals surface area contributed by atoms with E-state index in [2.05, 4.69) is 25.6 Å². The summed E-state index contributed by atoms with van der Waals surface area (Å²) in [5, 5.41) is 12.3. The molecule has 170 valence electrons. The smallest absolute Gasteiger partial charge is 0.406 e. The van der Waals surface area contributed by atoms with Crippen LogP contribution in [-0.4, -0.2) is 28.4 Å². The number of thiophene rings is 1. The number of anilines is 1. The minimum Gasteiger partial charge on any atom is -0.406 e. The molecule has 0 radical (unpaired) electrons. The van der Waals surface area contributed by atoms with Gasteiger partial charge in [-0.1, -0.05) is 30.3 Å². The molecule has 2 aromatic heterocycles. The molecule has 11 heteroatoms. The first-order valence-electron chi connectivity index (χ1n) is 9.70. The van der Waals surface area contributed by atoms with Gasteiger partial charge in [0.1, 0.15) is 5.75 Å². The van der Waals surface area contributed by atoms with Crippen molar-refractivity contribution in [2.45, 2.75) is 19.3 Å². The van der Waals surface area contributed by atoms with Gasteiger partial charge in [0.15, 0.2) is 5.82 Å². The molecule has 0 saturated carbocycles. The second-order valence-electron chi connectivity index (χ2n) is 7.06. The maximum absolute atomic E-state index is 12.7. The predicted octanol–water partition coefficient (Wildman–Crippen LogP) is 5.27. The lowest BCUT2D eigenvalue weighted by Crippen LogP contribution is -2.25. The second-order valence-corrected chi connectivity index (χ2v) is 8.11. The molecular formula is C22H17F3N4O3S. The number of carbonyl (C=O) groups excluding carboxylic acids is 2. The summed E-state index contributed by atoms with van der Waals surface area (Å²) < 4.78 is 41.2. The molecule has 0 saturated heterocycles. The van der Waals surface area contributed by atoms with Gasteiger partial charge in [-0.05, 0) is 42.8 Å². The van der Waals surface area contributed by atoms with Crippen LogP contribution in [0.15, 0.2) is 60.7 Å². The second kappa shape index (κ2) is 8.94. The molecule has 33 heavy (non-hydrogen) atoms. The maximum atomic E-state index is 12.7. The molecule has 1 atom stereocenters. The molecule has 4 rings (SSSR count). The highest BCUT2D eigenvalue weighted by molar-refractivity contribution is 7.21. The molecule has 2 amide bonds. The molecule has 0 aliphatic heterocycles. The van der Waals surface area contributed by atoms with E-state index in [9.17, 15) is 22.8 Å². The van der Waals surface area contributed by atoms with Gasteiger partial charge in [0.2, 0.25) is 0 Å². The van der Waals surface area contributed by atoms with Crippen molar-refractivity contribution in [1.82, 2.24) is 15.5 Å². The molecule has 2 heterocycles. The Kier molecular flexibility index (Phi) is 6.05. The van der Waals surface area contributed by atoms with Crippen molar-refractivity contribution in [1.29, 1.82) is 0 Å². The van der Waals surface area contributed by atoms with Crippen molar-refractivity contribution in [2.24, 2.45) is 0 Å². The van der Waals surface area contributed by atoms with Gasteiger partial charge in [-0.2, -0.15) is 5.10 Å². The molecule has 0 bridgehead atoms. The molecule has 0 spiro atoms. The van der Waals surface area contributed by atoms with Gasteiger partial charge in [0.05, 0.1) is 21.1 Å². The van der Waals surface area contributed by atoms with E-state index in [1.165, 1.54) is 12.1 Å². The van der Waals surface area contributed by atoms with Gasteiger partial charge in [0, 0.05) is 5.56 Å². The van der Waals surface area contributed by atoms with Crippen molar-refractivity contribution >= 4 is 39.2 Å². The van der Waals surface area contributed by atoms with Gasteiger partial charge < -0.3 is 15.4 Å². The lowest BCUT2D eigenvalue weighted by atomic mass is 10.1. The molecule has 0 aliphatic rings. The average molecular weight is 474 g/mol. The number of H-pyrrole nitrogens is 1. The molecule has 3 N–H and O–H groups in total. The highest BCUT2D eigenvalue weighted by Gasteiger charge is 2.31. The number of alkyl halides is 3. The summed E-state index contributed by atoms with van der Waals surface area (Å²) in [4.78, 5) is 25.6. The molecule has 2 aromatic carbocycles. The maximum Gasteiger partial charge on any atom is 0.573 e. The van der Waals surface area contributed by atoms with Crippen LogP contribution in [0, 0.1) is 0 Å². The Morgan fingerprint density at radius 2 is 1.76 bits per heavy atom. The number of nitrogens with one attached hydrogen (secondary N) is 3. The SMILES string of the molecule is C[C@@H](NC(=O)c1cc2[nH]nc(NC(=O)c3ccc(OC(F)(F)F)cc3)c2s1)c1ccccc1. The van der Waals surface area contributed by atoms with Crippen LogP contribution in [0.3, 0.4) is 0 Å². The average Bonchev–Trinajstić information content (AvgIpc) is 3.36. The number of hydrogen-bond acceptors (Lipinski definition) is 5. The topological polar surface area (TPSA) is 96.1 Å². The molecule has 7 nitrogen and oxygen atoms in total. The summed E-state index contributed by atoms with van der Waals surface area (Å²) in [5.41, 5.74) is 1.66. The normalized spacial score (nSPS) is 12.4. The van der Waals surface area contributed by atoms with E-state index in [4.69, 9.17) is 0 Å². The van der Waals surface area contributed by atoms with Crippen LogP contribution in [0.4, 0.5) is 19.0 Å². The van der Waals surface area contributed by atoms with Crippen LogP contribution < -0.4 is 15.4 Å². The summed E-state index contributed by atoms with van der Waals surface area (Å²) in [7, 11) is 0. The van der Waals surface area contributed by atoms with E-state index >= 15 is 0 Å². The van der Waals surface area contributed by atoms with Gasteiger partial charge >= 0.3 is 6.36 Å². The Labute approximate surface area is 189 Å². The fourth-order valence-electron chi connectivity index (χ4n) is 3.09. The number of fused-ring (bicyclic) bond motifs is 1.